The number of aryl methyl sites for hydroxylation is 2. The Kier molecular flexibility index (Phi) is 3.09. The van der Waals surface area contributed by atoms with Crippen molar-refractivity contribution in [1.82, 2.24) is 9.97 Å². The second-order valence-electron chi connectivity index (χ2n) is 5.33. The van der Waals surface area contributed by atoms with Crippen molar-refractivity contribution in [1.29, 1.82) is 0 Å². The molecule has 0 radical (unpaired) electrons. The summed E-state index contributed by atoms with van der Waals surface area (Å²) in [4.78, 5) is 11.9. The topological polar surface area (TPSA) is 63.8 Å². The third kappa shape index (κ3) is 2.18. The first-order valence-corrected chi connectivity index (χ1v) is 7.98. The quantitative estimate of drug-likeness (QED) is 0.576. The van der Waals surface area contributed by atoms with E-state index in [9.17, 15) is 0 Å². The van der Waals surface area contributed by atoms with Crippen LogP contribution in [0.4, 0.5) is 5.82 Å². The van der Waals surface area contributed by atoms with Gasteiger partial charge in [0.2, 0.25) is 0 Å². The van der Waals surface area contributed by atoms with Crippen molar-refractivity contribution in [2.24, 2.45) is 5.84 Å². The SMILES string of the molecule is NNc1nc(Cc2ccccc2)nc2sc3c(c12)CCC3. The van der Waals surface area contributed by atoms with Crippen LogP contribution in [0.5, 0.6) is 0 Å². The van der Waals surface area contributed by atoms with E-state index in [-0.39, 0.29) is 0 Å². The second kappa shape index (κ2) is 5.09. The number of thiophene rings is 1. The molecule has 1 aliphatic carbocycles. The summed E-state index contributed by atoms with van der Waals surface area (Å²) in [6, 6.07) is 10.3. The van der Waals surface area contributed by atoms with Gasteiger partial charge < -0.3 is 5.43 Å². The van der Waals surface area contributed by atoms with E-state index in [0.29, 0.717) is 0 Å². The summed E-state index contributed by atoms with van der Waals surface area (Å²) in [5, 5.41) is 1.13. The predicted octanol–water partition coefficient (Wildman–Crippen LogP) is 3.06. The maximum Gasteiger partial charge on any atom is 0.152 e. The van der Waals surface area contributed by atoms with Crippen molar-refractivity contribution in [3.8, 4) is 0 Å². The number of benzene rings is 1. The Morgan fingerprint density at radius 1 is 1.14 bits per heavy atom. The van der Waals surface area contributed by atoms with Gasteiger partial charge in [0, 0.05) is 11.3 Å². The summed E-state index contributed by atoms with van der Waals surface area (Å²) < 4.78 is 0. The molecule has 0 aliphatic heterocycles. The highest BCUT2D eigenvalue weighted by Gasteiger charge is 2.22. The summed E-state index contributed by atoms with van der Waals surface area (Å²) in [7, 11) is 0. The van der Waals surface area contributed by atoms with Gasteiger partial charge in [0.1, 0.15) is 10.7 Å². The van der Waals surface area contributed by atoms with Crippen LogP contribution in [0.25, 0.3) is 10.2 Å². The average Bonchev–Trinajstić information content (AvgIpc) is 3.07. The number of rotatable bonds is 3. The third-order valence-corrected chi connectivity index (χ3v) is 5.14. The zero-order chi connectivity index (χ0) is 14.2. The molecule has 0 unspecified atom stereocenters. The van der Waals surface area contributed by atoms with E-state index in [1.165, 1.54) is 22.4 Å². The van der Waals surface area contributed by atoms with Gasteiger partial charge in [-0.1, -0.05) is 30.3 Å². The molecule has 21 heavy (non-hydrogen) atoms. The summed E-state index contributed by atoms with van der Waals surface area (Å²) >= 11 is 1.79. The molecule has 0 saturated carbocycles. The number of nitrogens with two attached hydrogens (primary N) is 1. The Morgan fingerprint density at radius 3 is 2.81 bits per heavy atom. The maximum absolute atomic E-state index is 5.70. The van der Waals surface area contributed by atoms with E-state index in [1.54, 1.807) is 11.3 Å². The average molecular weight is 296 g/mol. The predicted molar refractivity (Wildman–Crippen MR) is 86.5 cm³/mol. The van der Waals surface area contributed by atoms with Crippen molar-refractivity contribution in [3.05, 3.63) is 52.2 Å². The number of aromatic nitrogens is 2. The Labute approximate surface area is 127 Å². The van der Waals surface area contributed by atoms with Gasteiger partial charge in [-0.2, -0.15) is 0 Å². The fourth-order valence-corrected chi connectivity index (χ4v) is 4.28. The Bertz CT molecular complexity index is 795. The molecule has 3 aromatic rings. The number of anilines is 1. The molecule has 2 aromatic heterocycles. The van der Waals surface area contributed by atoms with Gasteiger partial charge in [0.05, 0.1) is 5.39 Å². The first kappa shape index (κ1) is 12.7. The molecule has 0 spiro atoms. The first-order valence-electron chi connectivity index (χ1n) is 7.17. The van der Waals surface area contributed by atoms with E-state index in [4.69, 9.17) is 10.8 Å². The fourth-order valence-electron chi connectivity index (χ4n) is 3.00. The van der Waals surface area contributed by atoms with Gasteiger partial charge >= 0.3 is 0 Å². The number of nitrogens with zero attached hydrogens (tertiary/aromatic N) is 2. The highest BCUT2D eigenvalue weighted by molar-refractivity contribution is 7.19. The molecule has 0 saturated heterocycles. The number of nitrogen functional groups attached to an aromatic ring is 1. The summed E-state index contributed by atoms with van der Waals surface area (Å²) in [6.45, 7) is 0. The number of fused-ring (bicyclic) bond motifs is 3. The number of nitrogens with one attached hydrogen (secondary N) is 1. The Morgan fingerprint density at radius 2 is 2.00 bits per heavy atom. The molecule has 0 fully saturated rings. The summed E-state index contributed by atoms with van der Waals surface area (Å²) in [5.74, 6) is 7.29. The molecular formula is C16H16N4S. The molecular weight excluding hydrogens is 280 g/mol. The summed E-state index contributed by atoms with van der Waals surface area (Å²) in [5.41, 5.74) is 5.38. The second-order valence-corrected chi connectivity index (χ2v) is 6.42. The van der Waals surface area contributed by atoms with Crippen LogP contribution in [0.15, 0.2) is 30.3 Å². The lowest BCUT2D eigenvalue weighted by Crippen LogP contribution is -2.11. The van der Waals surface area contributed by atoms with Crippen LogP contribution in [0.3, 0.4) is 0 Å². The van der Waals surface area contributed by atoms with E-state index in [2.05, 4.69) is 22.5 Å². The molecule has 0 amide bonds. The Balaban J connectivity index is 1.81. The van der Waals surface area contributed by atoms with Crippen LogP contribution >= 0.6 is 11.3 Å². The minimum absolute atomic E-state index is 0.730. The van der Waals surface area contributed by atoms with Crippen molar-refractivity contribution in [2.45, 2.75) is 25.7 Å². The number of hydrogen-bond donors (Lipinski definition) is 2. The zero-order valence-electron chi connectivity index (χ0n) is 11.6. The minimum atomic E-state index is 0.730. The minimum Gasteiger partial charge on any atom is -0.308 e. The molecule has 3 N–H and O–H groups in total. The molecule has 0 bridgehead atoms. The third-order valence-electron chi connectivity index (χ3n) is 3.95. The van der Waals surface area contributed by atoms with Crippen LogP contribution in [0.2, 0.25) is 0 Å². The summed E-state index contributed by atoms with van der Waals surface area (Å²) in [6.07, 6.45) is 4.24. The van der Waals surface area contributed by atoms with Crippen LogP contribution in [0, 0.1) is 0 Å². The molecule has 0 atom stereocenters. The van der Waals surface area contributed by atoms with Crippen molar-refractivity contribution in [2.75, 3.05) is 5.43 Å². The van der Waals surface area contributed by atoms with Crippen LogP contribution in [-0.2, 0) is 19.3 Å². The van der Waals surface area contributed by atoms with Crippen molar-refractivity contribution in [3.63, 3.8) is 0 Å². The van der Waals surface area contributed by atoms with E-state index in [1.807, 2.05) is 18.2 Å². The highest BCUT2D eigenvalue weighted by atomic mass is 32.1. The van der Waals surface area contributed by atoms with Crippen LogP contribution in [-0.4, -0.2) is 9.97 Å². The zero-order valence-corrected chi connectivity index (χ0v) is 12.4. The molecule has 2 heterocycles. The number of hydrogen-bond acceptors (Lipinski definition) is 5. The Hall–Kier alpha value is -1.98. The first-order chi connectivity index (χ1) is 10.3. The lowest BCUT2D eigenvalue weighted by atomic mass is 10.1. The van der Waals surface area contributed by atoms with Crippen molar-refractivity contribution < 1.29 is 0 Å². The standard InChI is InChI=1S/C16H16N4S/c17-20-15-14-11-7-4-8-12(11)21-16(14)19-13(18-15)9-10-5-2-1-3-6-10/h1-3,5-6H,4,7-9,17H2,(H,18,19,20). The monoisotopic (exact) mass is 296 g/mol. The fraction of sp³-hybridized carbons (Fsp3) is 0.250. The van der Waals surface area contributed by atoms with Gasteiger partial charge in [-0.05, 0) is 30.4 Å². The maximum atomic E-state index is 5.70. The normalized spacial score (nSPS) is 13.6. The molecule has 4 nitrogen and oxygen atoms in total. The molecule has 1 aromatic carbocycles. The van der Waals surface area contributed by atoms with Gasteiger partial charge in [0.15, 0.2) is 5.82 Å². The van der Waals surface area contributed by atoms with Crippen LogP contribution in [0.1, 0.15) is 28.2 Å². The van der Waals surface area contributed by atoms with E-state index < -0.39 is 0 Å². The molecule has 5 heteroatoms. The van der Waals surface area contributed by atoms with Gasteiger partial charge in [-0.25, -0.2) is 15.8 Å². The smallest absolute Gasteiger partial charge is 0.152 e. The van der Waals surface area contributed by atoms with Crippen molar-refractivity contribution >= 4 is 27.4 Å². The van der Waals surface area contributed by atoms with Gasteiger partial charge in [-0.3, -0.25) is 0 Å². The lowest BCUT2D eigenvalue weighted by molar-refractivity contribution is 0.916. The molecule has 106 valence electrons. The highest BCUT2D eigenvalue weighted by Crippen LogP contribution is 2.39. The van der Waals surface area contributed by atoms with Crippen LogP contribution < -0.4 is 11.3 Å². The number of hydrazine groups is 1. The van der Waals surface area contributed by atoms with Gasteiger partial charge in [0.25, 0.3) is 0 Å². The lowest BCUT2D eigenvalue weighted by Gasteiger charge is -2.06. The largest absolute Gasteiger partial charge is 0.308 e. The van der Waals surface area contributed by atoms with E-state index in [0.717, 1.165) is 41.1 Å². The van der Waals surface area contributed by atoms with E-state index >= 15 is 0 Å². The molecule has 4 rings (SSSR count). The van der Waals surface area contributed by atoms with Gasteiger partial charge in [-0.15, -0.1) is 11.3 Å². The molecule has 1 aliphatic rings.